The van der Waals surface area contributed by atoms with Crippen molar-refractivity contribution in [3.8, 4) is 16.9 Å². The lowest BCUT2D eigenvalue weighted by Crippen LogP contribution is -2.38. The van der Waals surface area contributed by atoms with Gasteiger partial charge in [0.2, 0.25) is 5.95 Å². The van der Waals surface area contributed by atoms with Crippen molar-refractivity contribution in [3.05, 3.63) is 54.1 Å². The third-order valence-electron chi connectivity index (χ3n) is 5.73. The number of aromatic nitrogens is 4. The smallest absolute Gasteiger partial charge is 0.257 e. The van der Waals surface area contributed by atoms with E-state index in [1.807, 2.05) is 61.4 Å². The molecule has 1 amide bonds. The van der Waals surface area contributed by atoms with Crippen LogP contribution < -0.4 is 9.64 Å². The van der Waals surface area contributed by atoms with Crippen LogP contribution in [0.3, 0.4) is 0 Å². The van der Waals surface area contributed by atoms with E-state index in [1.54, 1.807) is 24.2 Å². The number of methoxy groups -OCH3 is 1. The molecule has 0 aliphatic carbocycles. The van der Waals surface area contributed by atoms with Crippen LogP contribution in [0, 0.1) is 0 Å². The molecule has 4 rings (SSSR count). The Kier molecular flexibility index (Phi) is 5.88. The van der Waals surface area contributed by atoms with Gasteiger partial charge in [-0.1, -0.05) is 12.1 Å². The Morgan fingerprint density at radius 2 is 1.84 bits per heavy atom. The van der Waals surface area contributed by atoms with Crippen LogP contribution in [0.2, 0.25) is 0 Å². The van der Waals surface area contributed by atoms with Crippen LogP contribution in [0.4, 0.5) is 5.95 Å². The van der Waals surface area contributed by atoms with E-state index in [9.17, 15) is 4.79 Å². The molecule has 1 aliphatic rings. The summed E-state index contributed by atoms with van der Waals surface area (Å²) in [5, 5.41) is 4.12. The Bertz CT molecular complexity index is 1050. The molecule has 0 radical (unpaired) electrons. The Morgan fingerprint density at radius 3 is 2.42 bits per heavy atom. The lowest BCUT2D eigenvalue weighted by atomic mass is 9.88. The number of ether oxygens (including phenoxy) is 1. The average Bonchev–Trinajstić information content (AvgIpc) is 3.24. The zero-order valence-corrected chi connectivity index (χ0v) is 18.4. The molecule has 0 atom stereocenters. The van der Waals surface area contributed by atoms with Crippen molar-refractivity contribution in [2.75, 3.05) is 39.2 Å². The summed E-state index contributed by atoms with van der Waals surface area (Å²) < 4.78 is 6.95. The molecule has 1 saturated heterocycles. The van der Waals surface area contributed by atoms with E-state index in [0.29, 0.717) is 24.6 Å². The second-order valence-corrected chi connectivity index (χ2v) is 8.06. The van der Waals surface area contributed by atoms with E-state index in [4.69, 9.17) is 9.72 Å². The summed E-state index contributed by atoms with van der Waals surface area (Å²) in [6, 6.07) is 7.98. The maximum atomic E-state index is 12.8. The summed E-state index contributed by atoms with van der Waals surface area (Å²) in [7, 11) is 7.37. The SMILES string of the molecule is COc1ccc(-c2cnc(N(C)C)nc2C2CCN(C(=O)c3cnn(C)c3)CC2)cc1. The monoisotopic (exact) mass is 420 g/mol. The van der Waals surface area contributed by atoms with Gasteiger partial charge in [-0.15, -0.1) is 0 Å². The number of carbonyl (C=O) groups excluding carboxylic acids is 1. The maximum Gasteiger partial charge on any atom is 0.257 e. The Morgan fingerprint density at radius 1 is 1.13 bits per heavy atom. The van der Waals surface area contributed by atoms with Crippen molar-refractivity contribution in [2.24, 2.45) is 7.05 Å². The molecule has 8 heteroatoms. The molecule has 2 aromatic heterocycles. The van der Waals surface area contributed by atoms with E-state index >= 15 is 0 Å². The molecule has 0 bridgehead atoms. The largest absolute Gasteiger partial charge is 0.497 e. The van der Waals surface area contributed by atoms with Crippen LogP contribution in [-0.4, -0.2) is 64.9 Å². The van der Waals surface area contributed by atoms with E-state index in [1.165, 1.54) is 0 Å². The highest BCUT2D eigenvalue weighted by molar-refractivity contribution is 5.93. The average molecular weight is 421 g/mol. The van der Waals surface area contributed by atoms with Crippen molar-refractivity contribution < 1.29 is 9.53 Å². The van der Waals surface area contributed by atoms with Crippen molar-refractivity contribution in [1.29, 1.82) is 0 Å². The van der Waals surface area contributed by atoms with Crippen molar-refractivity contribution >= 4 is 11.9 Å². The lowest BCUT2D eigenvalue weighted by molar-refractivity contribution is 0.0712. The summed E-state index contributed by atoms with van der Waals surface area (Å²) in [5.74, 6) is 1.81. The molecule has 31 heavy (non-hydrogen) atoms. The van der Waals surface area contributed by atoms with Gasteiger partial charge in [-0.2, -0.15) is 5.10 Å². The van der Waals surface area contributed by atoms with Crippen LogP contribution in [0.5, 0.6) is 5.75 Å². The van der Waals surface area contributed by atoms with Crippen LogP contribution >= 0.6 is 0 Å². The van der Waals surface area contributed by atoms with Gasteiger partial charge in [0, 0.05) is 58.1 Å². The fourth-order valence-corrected chi connectivity index (χ4v) is 3.98. The highest BCUT2D eigenvalue weighted by Crippen LogP contribution is 2.35. The Balaban J connectivity index is 1.58. The second-order valence-electron chi connectivity index (χ2n) is 8.06. The van der Waals surface area contributed by atoms with Crippen molar-refractivity contribution in [2.45, 2.75) is 18.8 Å². The number of likely N-dealkylation sites (tertiary alicyclic amines) is 1. The quantitative estimate of drug-likeness (QED) is 0.632. The topological polar surface area (TPSA) is 76.4 Å². The number of benzene rings is 1. The zero-order valence-electron chi connectivity index (χ0n) is 18.4. The molecular weight excluding hydrogens is 392 g/mol. The zero-order chi connectivity index (χ0) is 22.0. The highest BCUT2D eigenvalue weighted by atomic mass is 16.5. The summed E-state index contributed by atoms with van der Waals surface area (Å²) in [6.07, 6.45) is 7.03. The van der Waals surface area contributed by atoms with Crippen LogP contribution in [0.15, 0.2) is 42.9 Å². The standard InChI is InChI=1S/C23H28N6O2/c1-27(2)23-24-14-20(16-5-7-19(31-4)8-6-16)21(26-23)17-9-11-29(12-10-17)22(30)18-13-25-28(3)15-18/h5-8,13-15,17H,9-12H2,1-4H3. The first-order valence-corrected chi connectivity index (χ1v) is 10.4. The second kappa shape index (κ2) is 8.75. The molecule has 1 aromatic carbocycles. The normalized spacial score (nSPS) is 14.5. The van der Waals surface area contributed by atoms with Gasteiger partial charge in [-0.3, -0.25) is 9.48 Å². The van der Waals surface area contributed by atoms with Crippen LogP contribution in [0.25, 0.3) is 11.1 Å². The fourth-order valence-electron chi connectivity index (χ4n) is 3.98. The fraction of sp³-hybridized carbons (Fsp3) is 0.391. The molecule has 3 heterocycles. The minimum Gasteiger partial charge on any atom is -0.497 e. The first-order valence-electron chi connectivity index (χ1n) is 10.4. The van der Waals surface area contributed by atoms with Gasteiger partial charge in [0.05, 0.1) is 24.6 Å². The van der Waals surface area contributed by atoms with E-state index in [-0.39, 0.29) is 11.8 Å². The molecule has 0 unspecified atom stereocenters. The number of amides is 1. The number of carbonyl (C=O) groups is 1. The van der Waals surface area contributed by atoms with Gasteiger partial charge in [0.25, 0.3) is 5.91 Å². The number of hydrogen-bond acceptors (Lipinski definition) is 6. The van der Waals surface area contributed by atoms with Crippen LogP contribution in [0.1, 0.15) is 34.8 Å². The lowest BCUT2D eigenvalue weighted by Gasteiger charge is -2.32. The molecule has 3 aromatic rings. The minimum absolute atomic E-state index is 0.0404. The maximum absolute atomic E-state index is 12.8. The first kappa shape index (κ1) is 20.8. The van der Waals surface area contributed by atoms with Gasteiger partial charge < -0.3 is 14.5 Å². The summed E-state index contributed by atoms with van der Waals surface area (Å²) in [5.41, 5.74) is 3.77. The molecule has 0 spiro atoms. The van der Waals surface area contributed by atoms with Crippen molar-refractivity contribution in [3.63, 3.8) is 0 Å². The number of nitrogens with zero attached hydrogens (tertiary/aromatic N) is 6. The molecule has 1 aliphatic heterocycles. The van der Waals surface area contributed by atoms with Gasteiger partial charge in [-0.05, 0) is 30.5 Å². The predicted octanol–water partition coefficient (Wildman–Crippen LogP) is 2.97. The number of hydrogen-bond donors (Lipinski definition) is 0. The number of anilines is 1. The van der Waals surface area contributed by atoms with Gasteiger partial charge in [0.1, 0.15) is 5.75 Å². The summed E-state index contributed by atoms with van der Waals surface area (Å²) in [4.78, 5) is 26.1. The number of aryl methyl sites for hydroxylation is 1. The van der Waals surface area contributed by atoms with E-state index in [2.05, 4.69) is 10.1 Å². The minimum atomic E-state index is 0.0404. The molecule has 162 valence electrons. The van der Waals surface area contributed by atoms with Gasteiger partial charge >= 0.3 is 0 Å². The van der Waals surface area contributed by atoms with E-state index in [0.717, 1.165) is 35.4 Å². The van der Waals surface area contributed by atoms with Gasteiger partial charge in [-0.25, -0.2) is 9.97 Å². The third kappa shape index (κ3) is 4.38. The highest BCUT2D eigenvalue weighted by Gasteiger charge is 2.28. The number of piperidine rings is 1. The summed E-state index contributed by atoms with van der Waals surface area (Å²) >= 11 is 0. The molecule has 0 saturated carbocycles. The van der Waals surface area contributed by atoms with Crippen molar-refractivity contribution in [1.82, 2.24) is 24.6 Å². The summed E-state index contributed by atoms with van der Waals surface area (Å²) in [6.45, 7) is 1.39. The van der Waals surface area contributed by atoms with Gasteiger partial charge in [0.15, 0.2) is 0 Å². The Labute approximate surface area is 182 Å². The Hall–Kier alpha value is -3.42. The number of rotatable bonds is 5. The van der Waals surface area contributed by atoms with Crippen LogP contribution in [-0.2, 0) is 7.05 Å². The van der Waals surface area contributed by atoms with E-state index < -0.39 is 0 Å². The molecular formula is C23H28N6O2. The predicted molar refractivity (Wildman–Crippen MR) is 119 cm³/mol. The first-order chi connectivity index (χ1) is 15.0. The molecule has 1 fully saturated rings. The molecule has 8 nitrogen and oxygen atoms in total. The molecule has 0 N–H and O–H groups in total. The third-order valence-corrected chi connectivity index (χ3v) is 5.73.